The fraction of sp³-hybridized carbons (Fsp3) is 0.182. The molecule has 6 heteroatoms. The standard InChI is InChI=1S/C22H22ClNO3S/c1-14(2)19-11-20(22(26)12-21(19)25)16-4-3-5-18(10-16)24-28(27)13-15-6-8-17(23)9-7-15/h3-12,14,24-26H,13H2,1-2H3. The van der Waals surface area contributed by atoms with E-state index >= 15 is 0 Å². The van der Waals surface area contributed by atoms with Crippen molar-refractivity contribution in [3.8, 4) is 22.6 Å². The molecular formula is C22H22ClNO3S. The van der Waals surface area contributed by atoms with Crippen molar-refractivity contribution >= 4 is 28.3 Å². The molecule has 28 heavy (non-hydrogen) atoms. The maximum absolute atomic E-state index is 12.5. The van der Waals surface area contributed by atoms with Gasteiger partial charge < -0.3 is 14.9 Å². The molecule has 3 aromatic rings. The van der Waals surface area contributed by atoms with E-state index in [4.69, 9.17) is 11.6 Å². The molecule has 1 atom stereocenters. The minimum Gasteiger partial charge on any atom is -0.508 e. The Balaban J connectivity index is 1.82. The summed E-state index contributed by atoms with van der Waals surface area (Å²) in [5.41, 5.74) is 3.76. The van der Waals surface area contributed by atoms with Gasteiger partial charge in [-0.25, -0.2) is 4.21 Å². The monoisotopic (exact) mass is 415 g/mol. The Morgan fingerprint density at radius 2 is 1.71 bits per heavy atom. The zero-order chi connectivity index (χ0) is 20.3. The number of anilines is 1. The normalized spacial score (nSPS) is 12.1. The largest absolute Gasteiger partial charge is 0.508 e. The third kappa shape index (κ3) is 4.86. The Morgan fingerprint density at radius 3 is 2.39 bits per heavy atom. The fourth-order valence-electron chi connectivity index (χ4n) is 2.94. The third-order valence-electron chi connectivity index (χ3n) is 4.38. The number of phenols is 2. The summed E-state index contributed by atoms with van der Waals surface area (Å²) >= 11 is 5.88. The summed E-state index contributed by atoms with van der Waals surface area (Å²) in [5.74, 6) is 0.548. The Hall–Kier alpha value is -2.50. The van der Waals surface area contributed by atoms with Crippen LogP contribution in [0, 0.1) is 0 Å². The molecule has 0 aliphatic rings. The number of phenolic OH excluding ortho intramolecular Hbond substituents is 2. The molecular weight excluding hydrogens is 394 g/mol. The van der Waals surface area contributed by atoms with Crippen molar-refractivity contribution in [3.05, 3.63) is 76.8 Å². The number of hydrogen-bond acceptors (Lipinski definition) is 3. The van der Waals surface area contributed by atoms with Crippen LogP contribution in [0.3, 0.4) is 0 Å². The van der Waals surface area contributed by atoms with Gasteiger partial charge in [0.05, 0.1) is 5.75 Å². The van der Waals surface area contributed by atoms with Crippen LogP contribution in [0.4, 0.5) is 5.69 Å². The van der Waals surface area contributed by atoms with Crippen LogP contribution in [-0.2, 0) is 16.7 Å². The van der Waals surface area contributed by atoms with Gasteiger partial charge in [0.1, 0.15) is 22.5 Å². The van der Waals surface area contributed by atoms with Gasteiger partial charge in [-0.3, -0.25) is 0 Å². The van der Waals surface area contributed by atoms with Crippen LogP contribution < -0.4 is 4.72 Å². The van der Waals surface area contributed by atoms with E-state index in [0.717, 1.165) is 16.7 Å². The maximum atomic E-state index is 12.5. The highest BCUT2D eigenvalue weighted by Crippen LogP contribution is 2.38. The number of halogens is 1. The predicted molar refractivity (Wildman–Crippen MR) is 116 cm³/mol. The van der Waals surface area contributed by atoms with E-state index in [0.29, 0.717) is 22.0 Å². The maximum Gasteiger partial charge on any atom is 0.127 e. The first-order valence-electron chi connectivity index (χ1n) is 8.89. The molecule has 0 amide bonds. The quantitative estimate of drug-likeness (QED) is 0.475. The first-order chi connectivity index (χ1) is 13.3. The summed E-state index contributed by atoms with van der Waals surface area (Å²) in [4.78, 5) is 0. The van der Waals surface area contributed by atoms with Crippen LogP contribution in [0.2, 0.25) is 5.02 Å². The molecule has 0 spiro atoms. The van der Waals surface area contributed by atoms with Crippen molar-refractivity contribution in [3.63, 3.8) is 0 Å². The van der Waals surface area contributed by atoms with E-state index in [1.165, 1.54) is 6.07 Å². The molecule has 4 nitrogen and oxygen atoms in total. The fourth-order valence-corrected chi connectivity index (χ4v) is 4.02. The lowest BCUT2D eigenvalue weighted by Crippen LogP contribution is -2.07. The minimum absolute atomic E-state index is 0.00124. The van der Waals surface area contributed by atoms with Crippen LogP contribution in [0.1, 0.15) is 30.9 Å². The lowest BCUT2D eigenvalue weighted by Gasteiger charge is -2.14. The lowest BCUT2D eigenvalue weighted by molar-refractivity contribution is 0.445. The molecule has 3 rings (SSSR count). The van der Waals surface area contributed by atoms with E-state index in [1.54, 1.807) is 18.2 Å². The molecule has 0 saturated carbocycles. The van der Waals surface area contributed by atoms with Crippen LogP contribution in [0.5, 0.6) is 11.5 Å². The molecule has 0 radical (unpaired) electrons. The summed E-state index contributed by atoms with van der Waals surface area (Å²) in [6, 6.07) is 17.7. The number of hydrogen-bond donors (Lipinski definition) is 3. The summed E-state index contributed by atoms with van der Waals surface area (Å²) < 4.78 is 15.4. The molecule has 0 saturated heterocycles. The van der Waals surface area contributed by atoms with Gasteiger partial charge >= 0.3 is 0 Å². The van der Waals surface area contributed by atoms with Gasteiger partial charge in [-0.2, -0.15) is 0 Å². The second-order valence-corrected chi connectivity index (χ2v) is 8.50. The summed E-state index contributed by atoms with van der Waals surface area (Å²) in [5, 5.41) is 21.0. The highest BCUT2D eigenvalue weighted by molar-refractivity contribution is 7.85. The molecule has 146 valence electrons. The topological polar surface area (TPSA) is 69.6 Å². The first-order valence-corrected chi connectivity index (χ1v) is 10.6. The van der Waals surface area contributed by atoms with Gasteiger partial charge in [0.25, 0.3) is 0 Å². The van der Waals surface area contributed by atoms with Gasteiger partial charge in [-0.15, -0.1) is 0 Å². The molecule has 0 heterocycles. The van der Waals surface area contributed by atoms with Crippen molar-refractivity contribution in [2.24, 2.45) is 0 Å². The van der Waals surface area contributed by atoms with E-state index in [9.17, 15) is 14.4 Å². The zero-order valence-electron chi connectivity index (χ0n) is 15.6. The molecule has 0 aliphatic heterocycles. The van der Waals surface area contributed by atoms with Gasteiger partial charge in [0, 0.05) is 22.3 Å². The van der Waals surface area contributed by atoms with E-state index in [2.05, 4.69) is 4.72 Å². The van der Waals surface area contributed by atoms with Crippen LogP contribution >= 0.6 is 11.6 Å². The second kappa shape index (κ2) is 8.67. The van der Waals surface area contributed by atoms with Crippen molar-refractivity contribution in [2.45, 2.75) is 25.5 Å². The van der Waals surface area contributed by atoms with Crippen LogP contribution in [0.15, 0.2) is 60.7 Å². The Bertz CT molecular complexity index is 1000. The molecule has 3 aromatic carbocycles. The first kappa shape index (κ1) is 20.2. The van der Waals surface area contributed by atoms with Gasteiger partial charge in [-0.05, 0) is 52.9 Å². The smallest absolute Gasteiger partial charge is 0.127 e. The van der Waals surface area contributed by atoms with Crippen molar-refractivity contribution < 1.29 is 14.4 Å². The van der Waals surface area contributed by atoms with Crippen molar-refractivity contribution in [1.82, 2.24) is 0 Å². The highest BCUT2D eigenvalue weighted by Gasteiger charge is 2.13. The summed E-state index contributed by atoms with van der Waals surface area (Å²) in [7, 11) is -1.31. The molecule has 3 N–H and O–H groups in total. The molecule has 0 aromatic heterocycles. The van der Waals surface area contributed by atoms with Gasteiger partial charge in [0.2, 0.25) is 0 Å². The van der Waals surface area contributed by atoms with Crippen molar-refractivity contribution in [1.29, 1.82) is 0 Å². The molecule has 0 bridgehead atoms. The highest BCUT2D eigenvalue weighted by atomic mass is 35.5. The zero-order valence-corrected chi connectivity index (χ0v) is 17.2. The van der Waals surface area contributed by atoms with Crippen molar-refractivity contribution in [2.75, 3.05) is 4.72 Å². The molecule has 0 aliphatic carbocycles. The molecule has 1 unspecified atom stereocenters. The van der Waals surface area contributed by atoms with E-state index < -0.39 is 11.0 Å². The Kier molecular flexibility index (Phi) is 6.27. The minimum atomic E-state index is -1.31. The van der Waals surface area contributed by atoms with E-state index in [1.807, 2.05) is 50.2 Å². The average Bonchev–Trinajstić information content (AvgIpc) is 2.63. The van der Waals surface area contributed by atoms with Crippen LogP contribution in [0.25, 0.3) is 11.1 Å². The number of nitrogens with one attached hydrogen (secondary N) is 1. The predicted octanol–water partition coefficient (Wildman–Crippen LogP) is 5.82. The lowest BCUT2D eigenvalue weighted by atomic mass is 9.95. The van der Waals surface area contributed by atoms with E-state index in [-0.39, 0.29) is 17.4 Å². The molecule has 0 fully saturated rings. The SMILES string of the molecule is CC(C)c1cc(-c2cccc(NS(=O)Cc3ccc(Cl)cc3)c2)c(O)cc1O. The summed E-state index contributed by atoms with van der Waals surface area (Å²) in [6.07, 6.45) is 0. The number of rotatable bonds is 6. The number of benzene rings is 3. The average molecular weight is 416 g/mol. The second-order valence-electron chi connectivity index (χ2n) is 6.88. The Morgan fingerprint density at radius 1 is 1.00 bits per heavy atom. The summed E-state index contributed by atoms with van der Waals surface area (Å²) in [6.45, 7) is 3.96. The van der Waals surface area contributed by atoms with Crippen LogP contribution in [-0.4, -0.2) is 14.4 Å². The Labute approximate surface area is 172 Å². The third-order valence-corrected chi connectivity index (χ3v) is 5.69. The number of aromatic hydroxyl groups is 2. The van der Waals surface area contributed by atoms with Gasteiger partial charge in [-0.1, -0.05) is 49.7 Å². The van der Waals surface area contributed by atoms with Gasteiger partial charge in [0.15, 0.2) is 0 Å².